The molecule has 0 aliphatic heterocycles. The van der Waals surface area contributed by atoms with Gasteiger partial charge in [0.15, 0.2) is 0 Å². The van der Waals surface area contributed by atoms with Crippen LogP contribution in [-0.2, 0) is 0 Å². The highest BCUT2D eigenvalue weighted by molar-refractivity contribution is 6.07. The predicted octanol–water partition coefficient (Wildman–Crippen LogP) is 6.05. The van der Waals surface area contributed by atoms with Crippen molar-refractivity contribution in [2.75, 3.05) is 0 Å². The van der Waals surface area contributed by atoms with E-state index in [0.29, 0.717) is 0 Å². The highest BCUT2D eigenvalue weighted by Gasteiger charge is 1.97. The zero-order chi connectivity index (χ0) is 13.4. The maximum Gasteiger partial charge on any atom is -0.0105 e. The molecule has 0 aliphatic rings. The fraction of sp³-hybridized carbons (Fsp3) is 0.222. The van der Waals surface area contributed by atoms with E-state index in [-0.39, 0.29) is 0 Å². The van der Waals surface area contributed by atoms with Gasteiger partial charge in [0.2, 0.25) is 0 Å². The Morgan fingerprint density at radius 1 is 0.444 bits per heavy atom. The molecule has 0 bridgehead atoms. The number of hydrogen-bond donors (Lipinski definition) is 0. The molecular formula is C18H22. The molecule has 0 fully saturated rings. The van der Waals surface area contributed by atoms with Gasteiger partial charge in [-0.3, -0.25) is 0 Å². The monoisotopic (exact) mass is 238 g/mol. The zero-order valence-electron chi connectivity index (χ0n) is 11.8. The van der Waals surface area contributed by atoms with Crippen LogP contribution in [0.15, 0.2) is 60.7 Å². The first-order valence-corrected chi connectivity index (χ1v) is 6.82. The van der Waals surface area contributed by atoms with Crippen LogP contribution < -0.4 is 0 Å². The van der Waals surface area contributed by atoms with Crippen molar-refractivity contribution in [3.63, 3.8) is 0 Å². The van der Waals surface area contributed by atoms with E-state index in [2.05, 4.69) is 60.7 Å². The van der Waals surface area contributed by atoms with Gasteiger partial charge in [0.1, 0.15) is 0 Å². The Labute approximate surface area is 110 Å². The van der Waals surface area contributed by atoms with Crippen LogP contribution in [-0.4, -0.2) is 0 Å². The standard InChI is InChI=1S/C14H10.2C2H6/c1-3-7-13-11(5-1)9-10-12-6-2-4-8-14(12)13;2*1-2/h1-10H;2*1-2H3. The van der Waals surface area contributed by atoms with Crippen LogP contribution in [0, 0.1) is 0 Å². The summed E-state index contributed by atoms with van der Waals surface area (Å²) in [7, 11) is 0. The maximum atomic E-state index is 2.18. The normalized spacial score (nSPS) is 9.11. The van der Waals surface area contributed by atoms with Gasteiger partial charge in [0, 0.05) is 0 Å². The number of rotatable bonds is 0. The van der Waals surface area contributed by atoms with Crippen molar-refractivity contribution >= 4 is 21.5 Å². The molecule has 0 N–H and O–H groups in total. The summed E-state index contributed by atoms with van der Waals surface area (Å²) in [6, 6.07) is 21.4. The van der Waals surface area contributed by atoms with E-state index < -0.39 is 0 Å². The van der Waals surface area contributed by atoms with Gasteiger partial charge in [-0.15, -0.1) is 0 Å². The van der Waals surface area contributed by atoms with Crippen molar-refractivity contribution in [2.24, 2.45) is 0 Å². The van der Waals surface area contributed by atoms with Crippen molar-refractivity contribution in [1.82, 2.24) is 0 Å². The minimum atomic E-state index is 1.31. The Bertz CT molecular complexity index is 539. The fourth-order valence-corrected chi connectivity index (χ4v) is 1.95. The summed E-state index contributed by atoms with van der Waals surface area (Å²) in [6.45, 7) is 8.00. The lowest BCUT2D eigenvalue weighted by Gasteiger charge is -2.02. The Balaban J connectivity index is 0.000000371. The Morgan fingerprint density at radius 3 is 1.17 bits per heavy atom. The van der Waals surface area contributed by atoms with Crippen molar-refractivity contribution < 1.29 is 0 Å². The Morgan fingerprint density at radius 2 is 0.778 bits per heavy atom. The second-order valence-corrected chi connectivity index (χ2v) is 3.51. The third kappa shape index (κ3) is 2.89. The number of benzene rings is 3. The Kier molecular flexibility index (Phi) is 5.93. The van der Waals surface area contributed by atoms with Gasteiger partial charge in [-0.05, 0) is 21.5 Å². The lowest BCUT2D eigenvalue weighted by Crippen LogP contribution is -1.75. The first-order chi connectivity index (χ1) is 8.95. The first-order valence-electron chi connectivity index (χ1n) is 6.82. The average Bonchev–Trinajstić information content (AvgIpc) is 2.51. The van der Waals surface area contributed by atoms with Crippen molar-refractivity contribution in [3.8, 4) is 0 Å². The Hall–Kier alpha value is -1.82. The van der Waals surface area contributed by atoms with Crippen LogP contribution in [0.4, 0.5) is 0 Å². The summed E-state index contributed by atoms with van der Waals surface area (Å²) < 4.78 is 0. The van der Waals surface area contributed by atoms with Gasteiger partial charge >= 0.3 is 0 Å². The van der Waals surface area contributed by atoms with Gasteiger partial charge in [0.25, 0.3) is 0 Å². The summed E-state index contributed by atoms with van der Waals surface area (Å²) in [6.07, 6.45) is 0. The summed E-state index contributed by atoms with van der Waals surface area (Å²) in [5.41, 5.74) is 0. The van der Waals surface area contributed by atoms with E-state index in [0.717, 1.165) is 0 Å². The molecule has 0 heterocycles. The smallest absolute Gasteiger partial charge is 0.0105 e. The minimum Gasteiger partial charge on any atom is -0.0683 e. The third-order valence-corrected chi connectivity index (χ3v) is 2.65. The van der Waals surface area contributed by atoms with Gasteiger partial charge < -0.3 is 0 Å². The van der Waals surface area contributed by atoms with Crippen LogP contribution in [0.25, 0.3) is 21.5 Å². The second kappa shape index (κ2) is 7.50. The van der Waals surface area contributed by atoms with E-state index in [4.69, 9.17) is 0 Å². The molecule has 18 heavy (non-hydrogen) atoms. The summed E-state index contributed by atoms with van der Waals surface area (Å²) >= 11 is 0. The molecule has 0 atom stereocenters. The van der Waals surface area contributed by atoms with Crippen LogP contribution in [0.5, 0.6) is 0 Å². The SMILES string of the molecule is CC.CC.c1ccc2c(c1)ccc1ccccc12. The zero-order valence-corrected chi connectivity index (χ0v) is 11.8. The first kappa shape index (κ1) is 14.2. The quantitative estimate of drug-likeness (QED) is 0.418. The fourth-order valence-electron chi connectivity index (χ4n) is 1.95. The van der Waals surface area contributed by atoms with Gasteiger partial charge in [-0.2, -0.15) is 0 Å². The molecule has 0 nitrogen and oxygen atoms in total. The van der Waals surface area contributed by atoms with Gasteiger partial charge in [-0.25, -0.2) is 0 Å². The molecule has 3 aromatic carbocycles. The molecule has 0 aromatic heterocycles. The molecule has 0 saturated heterocycles. The summed E-state index contributed by atoms with van der Waals surface area (Å²) in [4.78, 5) is 0. The number of fused-ring (bicyclic) bond motifs is 3. The van der Waals surface area contributed by atoms with Crippen molar-refractivity contribution in [2.45, 2.75) is 27.7 Å². The van der Waals surface area contributed by atoms with E-state index in [9.17, 15) is 0 Å². The molecule has 94 valence electrons. The predicted molar refractivity (Wildman–Crippen MR) is 84.2 cm³/mol. The van der Waals surface area contributed by atoms with Crippen LogP contribution in [0.1, 0.15) is 27.7 Å². The molecule has 3 rings (SSSR count). The highest BCUT2D eigenvalue weighted by Crippen LogP contribution is 2.24. The lowest BCUT2D eigenvalue weighted by molar-refractivity contribution is 1.50. The van der Waals surface area contributed by atoms with Crippen LogP contribution in [0.3, 0.4) is 0 Å². The molecule has 0 amide bonds. The van der Waals surface area contributed by atoms with E-state index >= 15 is 0 Å². The molecular weight excluding hydrogens is 216 g/mol. The van der Waals surface area contributed by atoms with E-state index in [1.54, 1.807) is 0 Å². The topological polar surface area (TPSA) is 0 Å². The van der Waals surface area contributed by atoms with E-state index in [1.165, 1.54) is 21.5 Å². The molecule has 0 spiro atoms. The summed E-state index contributed by atoms with van der Waals surface area (Å²) in [5, 5.41) is 5.30. The molecule has 0 radical (unpaired) electrons. The number of hydrogen-bond acceptors (Lipinski definition) is 0. The maximum absolute atomic E-state index is 2.18. The molecule has 3 aromatic rings. The average molecular weight is 238 g/mol. The molecule has 0 aliphatic carbocycles. The van der Waals surface area contributed by atoms with E-state index in [1.807, 2.05) is 27.7 Å². The van der Waals surface area contributed by atoms with Crippen molar-refractivity contribution in [3.05, 3.63) is 60.7 Å². The minimum absolute atomic E-state index is 1.31. The largest absolute Gasteiger partial charge is 0.0683 e. The molecule has 0 heteroatoms. The lowest BCUT2D eigenvalue weighted by atomic mass is 10.0. The molecule has 0 unspecified atom stereocenters. The van der Waals surface area contributed by atoms with Gasteiger partial charge in [0.05, 0.1) is 0 Å². The van der Waals surface area contributed by atoms with Crippen molar-refractivity contribution in [1.29, 1.82) is 0 Å². The van der Waals surface area contributed by atoms with Crippen LogP contribution >= 0.6 is 0 Å². The summed E-state index contributed by atoms with van der Waals surface area (Å²) in [5.74, 6) is 0. The third-order valence-electron chi connectivity index (χ3n) is 2.65. The highest BCUT2D eigenvalue weighted by atomic mass is 14.0. The molecule has 0 saturated carbocycles. The second-order valence-electron chi connectivity index (χ2n) is 3.51. The van der Waals surface area contributed by atoms with Gasteiger partial charge in [-0.1, -0.05) is 88.4 Å². The van der Waals surface area contributed by atoms with Crippen LogP contribution in [0.2, 0.25) is 0 Å².